The van der Waals surface area contributed by atoms with Crippen LogP contribution in [0.25, 0.3) is 50.0 Å². The monoisotopic (exact) mass is 406 g/mol. The summed E-state index contributed by atoms with van der Waals surface area (Å²) in [5, 5.41) is 2.24. The molecule has 1 N–H and O–H groups in total. The highest BCUT2D eigenvalue weighted by atomic mass is 19.1. The van der Waals surface area contributed by atoms with Gasteiger partial charge in [-0.25, -0.2) is 18.9 Å². The van der Waals surface area contributed by atoms with Gasteiger partial charge in [-0.1, -0.05) is 54.6 Å². The number of fused-ring (bicyclic) bond motifs is 4. The number of para-hydroxylation sites is 2. The number of aromatic nitrogens is 4. The third kappa shape index (κ3) is 2.65. The molecule has 0 spiro atoms. The van der Waals surface area contributed by atoms with Gasteiger partial charge in [-0.3, -0.25) is 4.79 Å². The molecule has 0 saturated carbocycles. The molecule has 2 heterocycles. The lowest BCUT2D eigenvalue weighted by Crippen LogP contribution is -2.23. The Labute approximate surface area is 175 Å². The fourth-order valence-corrected chi connectivity index (χ4v) is 3.99. The Bertz CT molecular complexity index is 1650. The first-order valence-electron chi connectivity index (χ1n) is 9.85. The lowest BCUT2D eigenvalue weighted by atomic mass is 10.1. The first-order chi connectivity index (χ1) is 15.2. The SMILES string of the molecule is O=c1c2ccc3ccccc3c2nc(-c2ccccc2F)n1-c1nc2ccccc2[nH]1. The first-order valence-corrected chi connectivity index (χ1v) is 9.85. The molecule has 31 heavy (non-hydrogen) atoms. The molecule has 0 aliphatic rings. The van der Waals surface area contributed by atoms with Crippen LogP contribution < -0.4 is 5.56 Å². The van der Waals surface area contributed by atoms with E-state index in [0.29, 0.717) is 22.4 Å². The Morgan fingerprint density at radius 3 is 2.42 bits per heavy atom. The molecule has 0 fully saturated rings. The van der Waals surface area contributed by atoms with E-state index < -0.39 is 5.82 Å². The van der Waals surface area contributed by atoms with Crippen molar-refractivity contribution < 1.29 is 4.39 Å². The average Bonchev–Trinajstić information content (AvgIpc) is 3.23. The smallest absolute Gasteiger partial charge is 0.268 e. The molecule has 0 atom stereocenters. The van der Waals surface area contributed by atoms with Crippen molar-refractivity contribution in [2.45, 2.75) is 0 Å². The van der Waals surface area contributed by atoms with Crippen molar-refractivity contribution in [3.8, 4) is 17.3 Å². The molecule has 0 radical (unpaired) electrons. The molecular weight excluding hydrogens is 391 g/mol. The van der Waals surface area contributed by atoms with Crippen LogP contribution in [0.5, 0.6) is 0 Å². The fourth-order valence-electron chi connectivity index (χ4n) is 3.99. The van der Waals surface area contributed by atoms with Gasteiger partial charge in [0.15, 0.2) is 5.82 Å². The number of aromatic amines is 1. The first kappa shape index (κ1) is 17.5. The molecule has 6 rings (SSSR count). The van der Waals surface area contributed by atoms with Gasteiger partial charge in [-0.15, -0.1) is 0 Å². The van der Waals surface area contributed by atoms with E-state index in [1.807, 2.05) is 54.6 Å². The Morgan fingerprint density at radius 1 is 0.774 bits per heavy atom. The number of hydrogen-bond acceptors (Lipinski definition) is 3. The number of hydrogen-bond donors (Lipinski definition) is 1. The second-order valence-corrected chi connectivity index (χ2v) is 7.32. The minimum absolute atomic E-state index is 0.200. The molecule has 0 aliphatic heterocycles. The third-order valence-electron chi connectivity index (χ3n) is 5.47. The molecule has 2 aromatic heterocycles. The number of imidazole rings is 1. The molecule has 0 unspecified atom stereocenters. The Morgan fingerprint density at radius 2 is 1.55 bits per heavy atom. The van der Waals surface area contributed by atoms with E-state index in [9.17, 15) is 9.18 Å². The number of halogens is 1. The van der Waals surface area contributed by atoms with Gasteiger partial charge in [-0.05, 0) is 35.7 Å². The normalized spacial score (nSPS) is 11.5. The van der Waals surface area contributed by atoms with Gasteiger partial charge in [0.1, 0.15) is 5.82 Å². The van der Waals surface area contributed by atoms with Gasteiger partial charge in [0.25, 0.3) is 5.56 Å². The van der Waals surface area contributed by atoms with Crippen molar-refractivity contribution in [2.24, 2.45) is 0 Å². The summed E-state index contributed by atoms with van der Waals surface area (Å²) in [4.78, 5) is 26.2. The van der Waals surface area contributed by atoms with Crippen molar-refractivity contribution in [3.63, 3.8) is 0 Å². The zero-order chi connectivity index (χ0) is 20.9. The predicted octanol–water partition coefficient (Wildman–Crippen LogP) is 5.22. The summed E-state index contributed by atoms with van der Waals surface area (Å²) in [6, 6.07) is 25.2. The second kappa shape index (κ2) is 6.60. The highest BCUT2D eigenvalue weighted by molar-refractivity contribution is 6.05. The van der Waals surface area contributed by atoms with Crippen molar-refractivity contribution in [2.75, 3.05) is 0 Å². The molecule has 0 aliphatic carbocycles. The average molecular weight is 406 g/mol. The maximum Gasteiger partial charge on any atom is 0.268 e. The van der Waals surface area contributed by atoms with Crippen LogP contribution in [0.1, 0.15) is 0 Å². The lowest BCUT2D eigenvalue weighted by Gasteiger charge is -2.13. The fraction of sp³-hybridized carbons (Fsp3) is 0. The van der Waals surface area contributed by atoms with Gasteiger partial charge in [0, 0.05) is 5.39 Å². The zero-order valence-electron chi connectivity index (χ0n) is 16.2. The van der Waals surface area contributed by atoms with Gasteiger partial charge in [0.05, 0.1) is 27.5 Å². The molecular formula is C25H15FN4O. The van der Waals surface area contributed by atoms with E-state index in [1.54, 1.807) is 24.3 Å². The van der Waals surface area contributed by atoms with E-state index in [1.165, 1.54) is 10.6 Å². The molecule has 0 amide bonds. The van der Waals surface area contributed by atoms with Gasteiger partial charge < -0.3 is 4.98 Å². The summed E-state index contributed by atoms with van der Waals surface area (Å²) in [7, 11) is 0. The van der Waals surface area contributed by atoms with Crippen molar-refractivity contribution in [3.05, 3.63) is 101 Å². The van der Waals surface area contributed by atoms with Gasteiger partial charge in [0.2, 0.25) is 5.95 Å². The van der Waals surface area contributed by atoms with E-state index >= 15 is 0 Å². The molecule has 148 valence electrons. The molecule has 0 saturated heterocycles. The topological polar surface area (TPSA) is 63.6 Å². The number of rotatable bonds is 2. The summed E-state index contributed by atoms with van der Waals surface area (Å²) < 4.78 is 16.2. The van der Waals surface area contributed by atoms with Gasteiger partial charge in [-0.2, -0.15) is 0 Å². The third-order valence-corrected chi connectivity index (χ3v) is 5.47. The van der Waals surface area contributed by atoms with Crippen LogP contribution in [0.15, 0.2) is 89.7 Å². The molecule has 0 bridgehead atoms. The Balaban J connectivity index is 1.79. The summed E-state index contributed by atoms with van der Waals surface area (Å²) in [5.41, 5.74) is 1.95. The number of nitrogens with zero attached hydrogens (tertiary/aromatic N) is 3. The molecule has 4 aromatic carbocycles. The van der Waals surface area contributed by atoms with E-state index in [2.05, 4.69) is 9.97 Å². The van der Waals surface area contributed by atoms with Gasteiger partial charge >= 0.3 is 0 Å². The lowest BCUT2D eigenvalue weighted by molar-refractivity contribution is 0.629. The summed E-state index contributed by atoms with van der Waals surface area (Å²) in [6.07, 6.45) is 0. The van der Waals surface area contributed by atoms with Crippen molar-refractivity contribution >= 4 is 32.7 Å². The number of H-pyrrole nitrogens is 1. The Hall–Kier alpha value is -4.32. The van der Waals surface area contributed by atoms with Crippen LogP contribution >= 0.6 is 0 Å². The largest absolute Gasteiger partial charge is 0.323 e. The highest BCUT2D eigenvalue weighted by Gasteiger charge is 2.20. The minimum Gasteiger partial charge on any atom is -0.323 e. The maximum absolute atomic E-state index is 14.8. The summed E-state index contributed by atoms with van der Waals surface area (Å²) in [6.45, 7) is 0. The molecule has 6 aromatic rings. The predicted molar refractivity (Wildman–Crippen MR) is 120 cm³/mol. The van der Waals surface area contributed by atoms with Crippen LogP contribution in [0, 0.1) is 5.82 Å². The maximum atomic E-state index is 14.8. The van der Waals surface area contributed by atoms with Crippen LogP contribution in [-0.2, 0) is 0 Å². The standard InChI is InChI=1S/C25H15FN4O/c26-19-10-4-3-9-17(19)23-29-22-16-8-2-1-7-15(16)13-14-18(22)24(31)30(23)25-27-20-11-5-6-12-21(20)28-25/h1-14H,(H,27,28). The van der Waals surface area contributed by atoms with Crippen LogP contribution in [0.4, 0.5) is 4.39 Å². The van der Waals surface area contributed by atoms with Crippen LogP contribution in [-0.4, -0.2) is 19.5 Å². The van der Waals surface area contributed by atoms with E-state index in [0.717, 1.165) is 16.3 Å². The second-order valence-electron chi connectivity index (χ2n) is 7.32. The quantitative estimate of drug-likeness (QED) is 0.401. The van der Waals surface area contributed by atoms with E-state index in [4.69, 9.17) is 4.98 Å². The highest BCUT2D eigenvalue weighted by Crippen LogP contribution is 2.28. The number of nitrogens with one attached hydrogen (secondary N) is 1. The van der Waals surface area contributed by atoms with Crippen molar-refractivity contribution in [1.29, 1.82) is 0 Å². The van der Waals surface area contributed by atoms with Crippen LogP contribution in [0.2, 0.25) is 0 Å². The zero-order valence-corrected chi connectivity index (χ0v) is 16.2. The summed E-state index contributed by atoms with van der Waals surface area (Å²) in [5.74, 6) is 0.0388. The number of benzene rings is 4. The Kier molecular flexibility index (Phi) is 3.73. The molecule has 5 nitrogen and oxygen atoms in total. The van der Waals surface area contributed by atoms with Crippen LogP contribution in [0.3, 0.4) is 0 Å². The molecule has 6 heteroatoms. The van der Waals surface area contributed by atoms with E-state index in [-0.39, 0.29) is 16.9 Å². The minimum atomic E-state index is -0.459. The summed E-state index contributed by atoms with van der Waals surface area (Å²) >= 11 is 0. The van der Waals surface area contributed by atoms with Crippen molar-refractivity contribution in [1.82, 2.24) is 19.5 Å².